The van der Waals surface area contributed by atoms with Crippen LogP contribution in [0.4, 0.5) is 0 Å². The van der Waals surface area contributed by atoms with Crippen LogP contribution in [-0.2, 0) is 11.3 Å². The largest absolute Gasteiger partial charge is 0.394 e. The monoisotopic (exact) mass is 300 g/mol. The average Bonchev–Trinajstić information content (AvgIpc) is 2.53. The average molecular weight is 300 g/mol. The maximum Gasteiger partial charge on any atom is 0.111 e. The fraction of sp³-hybridized carbons (Fsp3) is 0.600. The summed E-state index contributed by atoms with van der Waals surface area (Å²) in [4.78, 5) is 0. The summed E-state index contributed by atoms with van der Waals surface area (Å²) in [5.41, 5.74) is 0.925. The molecule has 0 aliphatic heterocycles. The van der Waals surface area contributed by atoms with E-state index in [0.717, 1.165) is 5.56 Å². The molecule has 5 N–H and O–H groups in total. The van der Waals surface area contributed by atoms with Gasteiger partial charge in [0.1, 0.15) is 24.4 Å². The molecule has 5 atom stereocenters. The molecule has 1 rings (SSSR count). The molecule has 1 aromatic carbocycles. The van der Waals surface area contributed by atoms with E-state index in [-0.39, 0.29) is 6.61 Å². The number of ether oxygens (including phenoxy) is 1. The van der Waals surface area contributed by atoms with Crippen molar-refractivity contribution in [2.24, 2.45) is 0 Å². The van der Waals surface area contributed by atoms with Gasteiger partial charge in [0.05, 0.1) is 19.3 Å². The lowest BCUT2D eigenvalue weighted by Gasteiger charge is -2.30. The van der Waals surface area contributed by atoms with Gasteiger partial charge in [-0.15, -0.1) is 0 Å². The van der Waals surface area contributed by atoms with E-state index in [4.69, 9.17) is 9.84 Å². The summed E-state index contributed by atoms with van der Waals surface area (Å²) in [6, 6.07) is 9.37. The Hall–Kier alpha value is -1.02. The second-order valence-electron chi connectivity index (χ2n) is 4.97. The minimum Gasteiger partial charge on any atom is -0.394 e. The summed E-state index contributed by atoms with van der Waals surface area (Å²) in [6.45, 7) is 1.34. The first-order chi connectivity index (χ1) is 10.0. The van der Waals surface area contributed by atoms with Crippen LogP contribution in [0.1, 0.15) is 18.9 Å². The highest BCUT2D eigenvalue weighted by Gasteiger charge is 2.34. The van der Waals surface area contributed by atoms with Crippen molar-refractivity contribution in [3.8, 4) is 0 Å². The Labute approximate surface area is 124 Å². The van der Waals surface area contributed by atoms with Crippen molar-refractivity contribution in [3.05, 3.63) is 35.9 Å². The lowest BCUT2D eigenvalue weighted by Crippen LogP contribution is -2.50. The van der Waals surface area contributed by atoms with Crippen LogP contribution in [0, 0.1) is 0 Å². The van der Waals surface area contributed by atoms with Gasteiger partial charge in [-0.25, -0.2) is 0 Å². The Morgan fingerprint density at radius 2 is 1.57 bits per heavy atom. The number of hydrogen-bond donors (Lipinski definition) is 5. The molecule has 0 aliphatic rings. The molecule has 0 saturated carbocycles. The maximum atomic E-state index is 10.0. The third-order valence-electron chi connectivity index (χ3n) is 3.37. The van der Waals surface area contributed by atoms with Gasteiger partial charge in [-0.2, -0.15) is 0 Å². The van der Waals surface area contributed by atoms with Crippen LogP contribution in [0.15, 0.2) is 30.3 Å². The van der Waals surface area contributed by atoms with E-state index in [1.165, 1.54) is 0 Å². The zero-order valence-electron chi connectivity index (χ0n) is 12.0. The summed E-state index contributed by atoms with van der Waals surface area (Å²) >= 11 is 0. The highest BCUT2D eigenvalue weighted by Crippen LogP contribution is 2.15. The van der Waals surface area contributed by atoms with Gasteiger partial charge in [0.15, 0.2) is 0 Å². The highest BCUT2D eigenvalue weighted by molar-refractivity contribution is 5.13. The quantitative estimate of drug-likeness (QED) is 0.417. The van der Waals surface area contributed by atoms with Crippen molar-refractivity contribution in [1.29, 1.82) is 0 Å². The molecule has 0 spiro atoms. The van der Waals surface area contributed by atoms with Crippen LogP contribution >= 0.6 is 0 Å². The smallest absolute Gasteiger partial charge is 0.111 e. The van der Waals surface area contributed by atoms with E-state index in [2.05, 4.69) is 0 Å². The molecule has 0 radical (unpaired) electrons. The molecule has 6 heteroatoms. The fourth-order valence-electron chi connectivity index (χ4n) is 1.99. The van der Waals surface area contributed by atoms with E-state index in [0.29, 0.717) is 6.42 Å². The molecule has 0 amide bonds. The van der Waals surface area contributed by atoms with Gasteiger partial charge in [-0.05, 0) is 12.0 Å². The molecule has 21 heavy (non-hydrogen) atoms. The topological polar surface area (TPSA) is 110 Å². The minimum atomic E-state index is -1.64. The summed E-state index contributed by atoms with van der Waals surface area (Å²) in [6.07, 6.45) is -6.39. The van der Waals surface area contributed by atoms with Crippen molar-refractivity contribution >= 4 is 0 Å². The summed E-state index contributed by atoms with van der Waals surface area (Å²) in [7, 11) is 0. The number of hydrogen-bond acceptors (Lipinski definition) is 6. The van der Waals surface area contributed by atoms with Gasteiger partial charge in [-0.3, -0.25) is 0 Å². The Balaban J connectivity index is 2.57. The van der Waals surface area contributed by atoms with E-state index >= 15 is 0 Å². The predicted molar refractivity (Wildman–Crippen MR) is 76.4 cm³/mol. The standard InChI is InChI=1S/C15H24O6/c1-2-12(21-9-10-6-4-3-5-7-10)14(19)15(20)13(18)11(17)8-16/h3-7,11-20H,2,8-9H2,1H3. The Bertz CT molecular complexity index is 385. The van der Waals surface area contributed by atoms with E-state index < -0.39 is 37.1 Å². The van der Waals surface area contributed by atoms with Crippen molar-refractivity contribution < 1.29 is 30.3 Å². The molecule has 1 aromatic rings. The van der Waals surface area contributed by atoms with E-state index in [1.807, 2.05) is 30.3 Å². The fourth-order valence-corrected chi connectivity index (χ4v) is 1.99. The number of aliphatic hydroxyl groups excluding tert-OH is 5. The van der Waals surface area contributed by atoms with Crippen LogP contribution in [-0.4, -0.2) is 62.7 Å². The van der Waals surface area contributed by atoms with Crippen LogP contribution < -0.4 is 0 Å². The number of rotatable bonds is 9. The van der Waals surface area contributed by atoms with Gasteiger partial charge in [-0.1, -0.05) is 37.3 Å². The van der Waals surface area contributed by atoms with E-state index in [9.17, 15) is 20.4 Å². The molecule has 0 fully saturated rings. The van der Waals surface area contributed by atoms with Gasteiger partial charge in [0, 0.05) is 0 Å². The van der Waals surface area contributed by atoms with Crippen LogP contribution in [0.3, 0.4) is 0 Å². The Morgan fingerprint density at radius 3 is 2.10 bits per heavy atom. The predicted octanol–water partition coefficient (Wildman–Crippen LogP) is -0.582. The minimum absolute atomic E-state index is 0.266. The molecule has 0 bridgehead atoms. The van der Waals surface area contributed by atoms with Crippen LogP contribution in [0.25, 0.3) is 0 Å². The normalized spacial score (nSPS) is 18.8. The molecular weight excluding hydrogens is 276 g/mol. The van der Waals surface area contributed by atoms with Gasteiger partial charge >= 0.3 is 0 Å². The van der Waals surface area contributed by atoms with Gasteiger partial charge in [0.25, 0.3) is 0 Å². The maximum absolute atomic E-state index is 10.0. The second kappa shape index (κ2) is 9.09. The third-order valence-corrected chi connectivity index (χ3v) is 3.37. The first kappa shape index (κ1) is 18.0. The molecule has 0 heterocycles. The van der Waals surface area contributed by atoms with Crippen LogP contribution in [0.5, 0.6) is 0 Å². The highest BCUT2D eigenvalue weighted by atomic mass is 16.5. The molecule has 120 valence electrons. The van der Waals surface area contributed by atoms with Crippen molar-refractivity contribution in [2.45, 2.75) is 50.5 Å². The molecule has 5 unspecified atom stereocenters. The molecule has 6 nitrogen and oxygen atoms in total. The SMILES string of the molecule is CCC(OCc1ccccc1)C(O)C(O)C(O)C(O)CO. The van der Waals surface area contributed by atoms with Crippen molar-refractivity contribution in [3.63, 3.8) is 0 Å². The molecule has 0 saturated heterocycles. The zero-order valence-corrected chi connectivity index (χ0v) is 12.0. The summed E-state index contributed by atoms with van der Waals surface area (Å²) < 4.78 is 5.56. The second-order valence-corrected chi connectivity index (χ2v) is 4.97. The lowest BCUT2D eigenvalue weighted by atomic mass is 9.98. The molecule has 0 aliphatic carbocycles. The van der Waals surface area contributed by atoms with Crippen molar-refractivity contribution in [1.82, 2.24) is 0 Å². The Morgan fingerprint density at radius 1 is 0.952 bits per heavy atom. The number of aliphatic hydroxyl groups is 5. The molecule has 0 aromatic heterocycles. The molecular formula is C15H24O6. The lowest BCUT2D eigenvalue weighted by molar-refractivity contribution is -0.153. The van der Waals surface area contributed by atoms with E-state index in [1.54, 1.807) is 6.92 Å². The first-order valence-corrected chi connectivity index (χ1v) is 6.99. The third kappa shape index (κ3) is 5.35. The summed E-state index contributed by atoms with van der Waals surface area (Å²) in [5, 5.41) is 47.5. The van der Waals surface area contributed by atoms with Gasteiger partial charge in [0.2, 0.25) is 0 Å². The van der Waals surface area contributed by atoms with Crippen molar-refractivity contribution in [2.75, 3.05) is 6.61 Å². The zero-order chi connectivity index (χ0) is 15.8. The summed E-state index contributed by atoms with van der Waals surface area (Å²) in [5.74, 6) is 0. The Kier molecular flexibility index (Phi) is 7.81. The first-order valence-electron chi connectivity index (χ1n) is 6.99. The number of benzene rings is 1. The van der Waals surface area contributed by atoms with Crippen LogP contribution in [0.2, 0.25) is 0 Å². The van der Waals surface area contributed by atoms with Gasteiger partial charge < -0.3 is 30.3 Å².